The Morgan fingerprint density at radius 3 is 2.88 bits per heavy atom. The lowest BCUT2D eigenvalue weighted by Gasteiger charge is -2.38. The molecule has 1 aromatic rings. The second kappa shape index (κ2) is 4.02. The summed E-state index contributed by atoms with van der Waals surface area (Å²) >= 11 is 0. The van der Waals surface area contributed by atoms with Crippen LogP contribution in [-0.4, -0.2) is 12.1 Å². The Hall–Kier alpha value is -1.02. The van der Waals surface area contributed by atoms with E-state index in [2.05, 4.69) is 36.5 Å². The number of rotatable bonds is 3. The van der Waals surface area contributed by atoms with Gasteiger partial charge in [0.05, 0.1) is 5.54 Å². The van der Waals surface area contributed by atoms with Crippen LogP contribution in [0.2, 0.25) is 0 Å². The zero-order chi connectivity index (χ0) is 11.9. The van der Waals surface area contributed by atoms with Crippen LogP contribution in [0.4, 0.5) is 5.69 Å². The van der Waals surface area contributed by atoms with Crippen LogP contribution in [0.1, 0.15) is 31.2 Å². The minimum Gasteiger partial charge on any atom is -0.378 e. The Labute approximate surface area is 104 Å². The van der Waals surface area contributed by atoms with E-state index in [0.717, 1.165) is 18.4 Å². The highest BCUT2D eigenvalue weighted by Gasteiger charge is 2.50. The number of nitrogens with one attached hydrogen (secondary N) is 1. The van der Waals surface area contributed by atoms with Crippen LogP contribution in [0.15, 0.2) is 24.3 Å². The average Bonchev–Trinajstić information content (AvgIpc) is 2.89. The Morgan fingerprint density at radius 1 is 1.41 bits per heavy atom. The Kier molecular flexibility index (Phi) is 2.62. The summed E-state index contributed by atoms with van der Waals surface area (Å²) in [4.78, 5) is 0. The highest BCUT2D eigenvalue weighted by atomic mass is 15.0. The molecule has 0 amide bonds. The molecule has 92 valence electrons. The predicted octanol–water partition coefficient (Wildman–Crippen LogP) is 2.92. The third-order valence-electron chi connectivity index (χ3n) is 4.75. The standard InChI is InChI=1S/C15H22N2/c1-11-3-2-4-14(7-11)17-15(10-16)9-12-5-6-13(15)8-12/h2-4,7,12-13,17H,5-6,8-10,16H2,1H3. The summed E-state index contributed by atoms with van der Waals surface area (Å²) in [7, 11) is 0. The van der Waals surface area contributed by atoms with Crippen molar-refractivity contribution in [2.24, 2.45) is 17.6 Å². The van der Waals surface area contributed by atoms with Crippen molar-refractivity contribution in [2.45, 2.75) is 38.1 Å². The normalized spacial score (nSPS) is 35.2. The quantitative estimate of drug-likeness (QED) is 0.838. The van der Waals surface area contributed by atoms with E-state index >= 15 is 0 Å². The zero-order valence-electron chi connectivity index (χ0n) is 10.6. The summed E-state index contributed by atoms with van der Waals surface area (Å²) in [6.45, 7) is 2.91. The maximum Gasteiger partial charge on any atom is 0.0526 e. The lowest BCUT2D eigenvalue weighted by atomic mass is 9.80. The molecule has 3 rings (SSSR count). The van der Waals surface area contributed by atoms with E-state index in [9.17, 15) is 0 Å². The summed E-state index contributed by atoms with van der Waals surface area (Å²) in [6.07, 6.45) is 5.43. The molecule has 0 aliphatic heterocycles. The average molecular weight is 230 g/mol. The minimum absolute atomic E-state index is 0.177. The molecule has 3 atom stereocenters. The van der Waals surface area contributed by atoms with Gasteiger partial charge in [0.2, 0.25) is 0 Å². The van der Waals surface area contributed by atoms with Crippen LogP contribution in [0, 0.1) is 18.8 Å². The number of fused-ring (bicyclic) bond motifs is 2. The second-order valence-electron chi connectivity index (χ2n) is 5.93. The van der Waals surface area contributed by atoms with Crippen LogP contribution < -0.4 is 11.1 Å². The fourth-order valence-electron chi connectivity index (χ4n) is 3.91. The molecule has 2 nitrogen and oxygen atoms in total. The first-order chi connectivity index (χ1) is 8.22. The molecule has 0 spiro atoms. The highest BCUT2D eigenvalue weighted by molar-refractivity contribution is 5.48. The first-order valence-electron chi connectivity index (χ1n) is 6.77. The van der Waals surface area contributed by atoms with E-state index in [4.69, 9.17) is 5.73 Å². The van der Waals surface area contributed by atoms with Crippen molar-refractivity contribution in [3.05, 3.63) is 29.8 Å². The highest BCUT2D eigenvalue weighted by Crippen LogP contribution is 2.51. The molecule has 0 saturated heterocycles. The molecule has 17 heavy (non-hydrogen) atoms. The Balaban J connectivity index is 1.83. The van der Waals surface area contributed by atoms with Crippen LogP contribution in [0.25, 0.3) is 0 Å². The van der Waals surface area contributed by atoms with E-state index < -0.39 is 0 Å². The molecular formula is C15H22N2. The lowest BCUT2D eigenvalue weighted by molar-refractivity contribution is 0.306. The molecule has 2 saturated carbocycles. The number of hydrogen-bond acceptors (Lipinski definition) is 2. The predicted molar refractivity (Wildman–Crippen MR) is 72.0 cm³/mol. The molecule has 2 heteroatoms. The Morgan fingerprint density at radius 2 is 2.29 bits per heavy atom. The van der Waals surface area contributed by atoms with E-state index in [1.165, 1.54) is 36.9 Å². The lowest BCUT2D eigenvalue weighted by Crippen LogP contribution is -2.49. The summed E-state index contributed by atoms with van der Waals surface area (Å²) in [5, 5.41) is 3.75. The van der Waals surface area contributed by atoms with Gasteiger partial charge in [-0.05, 0) is 62.1 Å². The van der Waals surface area contributed by atoms with Crippen molar-refractivity contribution < 1.29 is 0 Å². The molecule has 2 aliphatic carbocycles. The van der Waals surface area contributed by atoms with Crippen molar-refractivity contribution in [3.63, 3.8) is 0 Å². The van der Waals surface area contributed by atoms with E-state index in [-0.39, 0.29) is 5.54 Å². The molecule has 0 radical (unpaired) electrons. The first kappa shape index (κ1) is 11.1. The molecular weight excluding hydrogens is 208 g/mol. The van der Waals surface area contributed by atoms with E-state index in [0.29, 0.717) is 0 Å². The molecule has 3 N–H and O–H groups in total. The van der Waals surface area contributed by atoms with Crippen LogP contribution >= 0.6 is 0 Å². The molecule has 2 bridgehead atoms. The summed E-state index contributed by atoms with van der Waals surface area (Å²) < 4.78 is 0. The van der Waals surface area contributed by atoms with Gasteiger partial charge in [-0.15, -0.1) is 0 Å². The summed E-state index contributed by atoms with van der Waals surface area (Å²) in [6, 6.07) is 8.65. The number of benzene rings is 1. The second-order valence-corrected chi connectivity index (χ2v) is 5.93. The van der Waals surface area contributed by atoms with Gasteiger partial charge in [-0.25, -0.2) is 0 Å². The maximum absolute atomic E-state index is 6.08. The fourth-order valence-corrected chi connectivity index (χ4v) is 3.91. The van der Waals surface area contributed by atoms with Crippen molar-refractivity contribution in [3.8, 4) is 0 Å². The molecule has 1 aromatic carbocycles. The van der Waals surface area contributed by atoms with Crippen molar-refractivity contribution in [2.75, 3.05) is 11.9 Å². The van der Waals surface area contributed by atoms with Gasteiger partial charge in [0.25, 0.3) is 0 Å². The van der Waals surface area contributed by atoms with Crippen LogP contribution in [-0.2, 0) is 0 Å². The van der Waals surface area contributed by atoms with Crippen molar-refractivity contribution in [1.29, 1.82) is 0 Å². The van der Waals surface area contributed by atoms with Gasteiger partial charge in [-0.3, -0.25) is 0 Å². The topological polar surface area (TPSA) is 38.0 Å². The molecule has 2 fully saturated rings. The monoisotopic (exact) mass is 230 g/mol. The zero-order valence-corrected chi connectivity index (χ0v) is 10.6. The SMILES string of the molecule is Cc1cccc(NC2(CN)CC3CCC2C3)c1. The maximum atomic E-state index is 6.08. The van der Waals surface area contributed by atoms with Gasteiger partial charge < -0.3 is 11.1 Å². The summed E-state index contributed by atoms with van der Waals surface area (Å²) in [5.74, 6) is 1.71. The van der Waals surface area contributed by atoms with E-state index in [1.807, 2.05) is 0 Å². The van der Waals surface area contributed by atoms with Gasteiger partial charge in [0, 0.05) is 12.2 Å². The van der Waals surface area contributed by atoms with Gasteiger partial charge in [0.15, 0.2) is 0 Å². The largest absolute Gasteiger partial charge is 0.378 e. The number of anilines is 1. The smallest absolute Gasteiger partial charge is 0.0526 e. The first-order valence-corrected chi connectivity index (χ1v) is 6.77. The van der Waals surface area contributed by atoms with Crippen molar-refractivity contribution >= 4 is 5.69 Å². The van der Waals surface area contributed by atoms with Crippen molar-refractivity contribution in [1.82, 2.24) is 0 Å². The minimum atomic E-state index is 0.177. The third kappa shape index (κ3) is 1.85. The van der Waals surface area contributed by atoms with Gasteiger partial charge >= 0.3 is 0 Å². The summed E-state index contributed by atoms with van der Waals surface area (Å²) in [5.41, 5.74) is 8.81. The van der Waals surface area contributed by atoms with Crippen LogP contribution in [0.3, 0.4) is 0 Å². The molecule has 3 unspecified atom stereocenters. The van der Waals surface area contributed by atoms with E-state index in [1.54, 1.807) is 0 Å². The van der Waals surface area contributed by atoms with Gasteiger partial charge in [-0.2, -0.15) is 0 Å². The number of aryl methyl sites for hydroxylation is 1. The molecule has 0 aromatic heterocycles. The fraction of sp³-hybridized carbons (Fsp3) is 0.600. The Bertz CT molecular complexity index is 415. The number of nitrogens with two attached hydrogens (primary N) is 1. The molecule has 0 heterocycles. The van der Waals surface area contributed by atoms with Gasteiger partial charge in [-0.1, -0.05) is 12.1 Å². The third-order valence-corrected chi connectivity index (χ3v) is 4.75. The molecule has 2 aliphatic rings. The number of hydrogen-bond donors (Lipinski definition) is 2. The van der Waals surface area contributed by atoms with Gasteiger partial charge in [0.1, 0.15) is 0 Å². The van der Waals surface area contributed by atoms with Crippen LogP contribution in [0.5, 0.6) is 0 Å².